The van der Waals surface area contributed by atoms with Gasteiger partial charge in [-0.2, -0.15) is 0 Å². The van der Waals surface area contributed by atoms with E-state index in [9.17, 15) is 14.0 Å². The molecular weight excluding hydrogens is 539 g/mol. The maximum absolute atomic E-state index is 13.3. The molecule has 0 aliphatic rings. The number of pyridine rings is 1. The van der Waals surface area contributed by atoms with E-state index in [4.69, 9.17) is 14.2 Å². The Morgan fingerprint density at radius 1 is 0.833 bits per heavy atom. The molecule has 0 aliphatic carbocycles. The third-order valence-electron chi connectivity index (χ3n) is 6.29. The van der Waals surface area contributed by atoms with Crippen LogP contribution in [0.3, 0.4) is 0 Å². The lowest BCUT2D eigenvalue weighted by atomic mass is 10.1. The Hall–Kier alpha value is -5.12. The standard InChI is InChI=1S/C32H33FN4O5/c1-18(2)35-17-25(31(38)36-22-9-7-21(33)8-10-22)32(39)37-23-13-19(3)30(20(4)14-23)42-27-11-12-34-26-16-29(41-6)28(40-5)15-24(26)27/h7-18,35H,1-6H3,(H,36,38)(H,37,39)/b25-17+. The molecule has 0 aliphatic heterocycles. The maximum Gasteiger partial charge on any atom is 0.262 e. The molecule has 3 N–H and O–H groups in total. The number of nitrogens with zero attached hydrogens (tertiary/aromatic N) is 1. The number of aryl methyl sites for hydroxylation is 2. The molecule has 3 aromatic carbocycles. The molecule has 1 aromatic heterocycles. The minimum atomic E-state index is -0.641. The summed E-state index contributed by atoms with van der Waals surface area (Å²) in [6.07, 6.45) is 3.02. The van der Waals surface area contributed by atoms with Gasteiger partial charge in [-0.15, -0.1) is 0 Å². The van der Waals surface area contributed by atoms with Crippen LogP contribution in [0.2, 0.25) is 0 Å². The average molecular weight is 573 g/mol. The second-order valence-corrected chi connectivity index (χ2v) is 9.87. The number of rotatable bonds is 10. The van der Waals surface area contributed by atoms with Crippen molar-refractivity contribution in [3.8, 4) is 23.0 Å². The lowest BCUT2D eigenvalue weighted by Crippen LogP contribution is -2.28. The van der Waals surface area contributed by atoms with E-state index in [0.717, 1.165) is 16.5 Å². The van der Waals surface area contributed by atoms with Crippen LogP contribution in [0.15, 0.2) is 72.6 Å². The number of methoxy groups -OCH3 is 2. The molecule has 0 atom stereocenters. The van der Waals surface area contributed by atoms with Crippen molar-refractivity contribution in [1.29, 1.82) is 0 Å². The number of carbonyl (C=O) groups is 2. The van der Waals surface area contributed by atoms with Crippen LogP contribution in [0, 0.1) is 19.7 Å². The second-order valence-electron chi connectivity index (χ2n) is 9.87. The monoisotopic (exact) mass is 572 g/mol. The summed E-state index contributed by atoms with van der Waals surface area (Å²) < 4.78 is 30.5. The molecular formula is C32H33FN4O5. The van der Waals surface area contributed by atoms with E-state index in [2.05, 4.69) is 20.9 Å². The first kappa shape index (κ1) is 29.9. The number of anilines is 2. The number of amides is 2. The van der Waals surface area contributed by atoms with Gasteiger partial charge < -0.3 is 30.2 Å². The zero-order valence-electron chi connectivity index (χ0n) is 24.3. The summed E-state index contributed by atoms with van der Waals surface area (Å²) in [5, 5.41) is 9.17. The third kappa shape index (κ3) is 6.95. The summed E-state index contributed by atoms with van der Waals surface area (Å²) in [4.78, 5) is 30.7. The predicted molar refractivity (Wildman–Crippen MR) is 161 cm³/mol. The van der Waals surface area contributed by atoms with Crippen LogP contribution in [0.5, 0.6) is 23.0 Å². The van der Waals surface area contributed by atoms with Gasteiger partial charge in [0.15, 0.2) is 11.5 Å². The molecule has 0 bridgehead atoms. The summed E-state index contributed by atoms with van der Waals surface area (Å²) in [5.74, 6) is 0.610. The van der Waals surface area contributed by atoms with Crippen molar-refractivity contribution in [2.45, 2.75) is 33.7 Å². The summed E-state index contributed by atoms with van der Waals surface area (Å²) in [5.41, 5.74) is 2.90. The highest BCUT2D eigenvalue weighted by Crippen LogP contribution is 2.39. The lowest BCUT2D eigenvalue weighted by molar-refractivity contribution is -0.118. The van der Waals surface area contributed by atoms with Gasteiger partial charge in [0.05, 0.1) is 19.7 Å². The van der Waals surface area contributed by atoms with Crippen molar-refractivity contribution in [3.05, 3.63) is 89.5 Å². The Balaban J connectivity index is 1.58. The molecule has 0 fully saturated rings. The van der Waals surface area contributed by atoms with Crippen molar-refractivity contribution < 1.29 is 28.2 Å². The molecule has 0 spiro atoms. The highest BCUT2D eigenvalue weighted by Gasteiger charge is 2.21. The number of halogens is 1. The molecule has 9 nitrogen and oxygen atoms in total. The molecule has 10 heteroatoms. The summed E-state index contributed by atoms with van der Waals surface area (Å²) in [6.45, 7) is 7.49. The summed E-state index contributed by atoms with van der Waals surface area (Å²) in [6, 6.07) is 14.2. The second kappa shape index (κ2) is 13.0. The van der Waals surface area contributed by atoms with Gasteiger partial charge in [-0.1, -0.05) is 0 Å². The van der Waals surface area contributed by atoms with E-state index in [1.54, 1.807) is 44.7 Å². The van der Waals surface area contributed by atoms with Crippen LogP contribution in [0.25, 0.3) is 10.9 Å². The highest BCUT2D eigenvalue weighted by molar-refractivity contribution is 6.26. The van der Waals surface area contributed by atoms with Crippen LogP contribution in [0.1, 0.15) is 25.0 Å². The topological polar surface area (TPSA) is 111 Å². The number of ether oxygens (including phenoxy) is 3. The Morgan fingerprint density at radius 2 is 1.43 bits per heavy atom. The van der Waals surface area contributed by atoms with Crippen LogP contribution < -0.4 is 30.2 Å². The molecule has 4 aromatic rings. The van der Waals surface area contributed by atoms with Gasteiger partial charge >= 0.3 is 0 Å². The van der Waals surface area contributed by atoms with E-state index in [1.807, 2.05) is 33.8 Å². The maximum atomic E-state index is 13.3. The van der Waals surface area contributed by atoms with Crippen molar-refractivity contribution in [2.75, 3.05) is 24.9 Å². The number of carbonyl (C=O) groups excluding carboxylic acids is 2. The summed E-state index contributed by atoms with van der Waals surface area (Å²) in [7, 11) is 3.13. The van der Waals surface area contributed by atoms with E-state index in [1.165, 1.54) is 30.5 Å². The molecule has 0 saturated carbocycles. The minimum absolute atomic E-state index is 0.0161. The van der Waals surface area contributed by atoms with Gasteiger partial charge in [-0.3, -0.25) is 14.6 Å². The Kier molecular flexibility index (Phi) is 9.26. The Labute approximate surface area is 243 Å². The molecule has 4 rings (SSSR count). The Bertz CT molecular complexity index is 1630. The van der Waals surface area contributed by atoms with Crippen molar-refractivity contribution in [1.82, 2.24) is 10.3 Å². The van der Waals surface area contributed by atoms with Gasteiger partial charge in [0.1, 0.15) is 22.9 Å². The van der Waals surface area contributed by atoms with Crippen molar-refractivity contribution in [3.63, 3.8) is 0 Å². The number of fused-ring (bicyclic) bond motifs is 1. The number of hydrogen-bond acceptors (Lipinski definition) is 7. The molecule has 2 amide bonds. The fraction of sp³-hybridized carbons (Fsp3) is 0.219. The quantitative estimate of drug-likeness (QED) is 0.117. The predicted octanol–water partition coefficient (Wildman–Crippen LogP) is 6.26. The fourth-order valence-corrected chi connectivity index (χ4v) is 4.24. The highest BCUT2D eigenvalue weighted by atomic mass is 19.1. The number of aromatic nitrogens is 1. The van der Waals surface area contributed by atoms with Crippen LogP contribution >= 0.6 is 0 Å². The first-order valence-electron chi connectivity index (χ1n) is 13.2. The van der Waals surface area contributed by atoms with E-state index >= 15 is 0 Å². The third-order valence-corrected chi connectivity index (χ3v) is 6.29. The van der Waals surface area contributed by atoms with Gasteiger partial charge in [0, 0.05) is 41.3 Å². The SMILES string of the molecule is COc1cc2nccc(Oc3c(C)cc(NC(=O)/C(=C/NC(C)C)C(=O)Nc4ccc(F)cc4)cc3C)c2cc1OC. The van der Waals surface area contributed by atoms with E-state index in [0.29, 0.717) is 39.9 Å². The van der Waals surface area contributed by atoms with E-state index in [-0.39, 0.29) is 11.6 Å². The van der Waals surface area contributed by atoms with E-state index < -0.39 is 17.6 Å². The van der Waals surface area contributed by atoms with Gasteiger partial charge in [0.25, 0.3) is 11.8 Å². The smallest absolute Gasteiger partial charge is 0.262 e. The molecule has 0 unspecified atom stereocenters. The first-order valence-corrected chi connectivity index (χ1v) is 13.2. The molecule has 1 heterocycles. The first-order chi connectivity index (χ1) is 20.1. The fourth-order valence-electron chi connectivity index (χ4n) is 4.24. The lowest BCUT2D eigenvalue weighted by Gasteiger charge is -2.17. The van der Waals surface area contributed by atoms with Crippen LogP contribution in [0.4, 0.5) is 15.8 Å². The largest absolute Gasteiger partial charge is 0.493 e. The van der Waals surface area contributed by atoms with Gasteiger partial charge in [-0.05, 0) is 87.4 Å². The summed E-state index contributed by atoms with van der Waals surface area (Å²) >= 11 is 0. The normalized spacial score (nSPS) is 11.3. The number of nitrogens with one attached hydrogen (secondary N) is 3. The Morgan fingerprint density at radius 3 is 2.02 bits per heavy atom. The minimum Gasteiger partial charge on any atom is -0.493 e. The average Bonchev–Trinajstić information content (AvgIpc) is 2.95. The number of benzene rings is 3. The molecule has 0 radical (unpaired) electrons. The molecule has 42 heavy (non-hydrogen) atoms. The van der Waals surface area contributed by atoms with Crippen molar-refractivity contribution in [2.24, 2.45) is 0 Å². The van der Waals surface area contributed by atoms with Crippen LogP contribution in [-0.4, -0.2) is 37.1 Å². The van der Waals surface area contributed by atoms with Gasteiger partial charge in [-0.25, -0.2) is 4.39 Å². The van der Waals surface area contributed by atoms with Gasteiger partial charge in [0.2, 0.25) is 0 Å². The van der Waals surface area contributed by atoms with Crippen molar-refractivity contribution >= 4 is 34.1 Å². The zero-order chi connectivity index (χ0) is 30.4. The molecule has 0 saturated heterocycles. The number of hydrogen-bond donors (Lipinski definition) is 3. The molecule has 218 valence electrons. The van der Waals surface area contributed by atoms with Crippen LogP contribution in [-0.2, 0) is 9.59 Å². The zero-order valence-corrected chi connectivity index (χ0v) is 24.3.